The number of nitrogens with one attached hydrogen (secondary N) is 1. The summed E-state index contributed by atoms with van der Waals surface area (Å²) < 4.78 is 11.7. The van der Waals surface area contributed by atoms with E-state index in [9.17, 15) is 10.1 Å². The Bertz CT molecular complexity index is 672. The molecule has 1 aromatic heterocycles. The third kappa shape index (κ3) is 5.43. The Labute approximate surface area is 149 Å². The zero-order chi connectivity index (χ0) is 17.4. The lowest BCUT2D eigenvalue weighted by Crippen LogP contribution is -2.14. The van der Waals surface area contributed by atoms with Crippen molar-refractivity contribution in [2.75, 3.05) is 19.8 Å². The molecule has 0 aliphatic carbocycles. The van der Waals surface area contributed by atoms with Gasteiger partial charge in [-0.25, -0.2) is 0 Å². The van der Waals surface area contributed by atoms with Crippen LogP contribution in [0, 0.1) is 10.1 Å². The van der Waals surface area contributed by atoms with E-state index in [2.05, 4.69) is 21.2 Å². The second-order valence-corrected chi connectivity index (χ2v) is 6.12. The third-order valence-corrected chi connectivity index (χ3v) is 4.14. The van der Waals surface area contributed by atoms with E-state index >= 15 is 0 Å². The summed E-state index contributed by atoms with van der Waals surface area (Å²) in [5, 5.41) is 14.1. The van der Waals surface area contributed by atoms with Gasteiger partial charge < -0.3 is 14.5 Å². The minimum absolute atomic E-state index is 0.0473. The van der Waals surface area contributed by atoms with Crippen molar-refractivity contribution in [1.29, 1.82) is 0 Å². The molecule has 1 N–H and O–H groups in total. The lowest BCUT2D eigenvalue weighted by atomic mass is 10.1. The summed E-state index contributed by atoms with van der Waals surface area (Å²) in [5.74, 6) is 1.52. The average Bonchev–Trinajstić information content (AvgIpc) is 3.02. The number of hydrogen-bond acceptors (Lipinski definition) is 5. The number of hydrogen-bond donors (Lipinski definition) is 1. The molecule has 0 bridgehead atoms. The fourth-order valence-electron chi connectivity index (χ4n) is 2.25. The molecule has 1 heterocycles. The molecule has 0 aliphatic heterocycles. The largest absolute Gasteiger partial charge is 0.460 e. The van der Waals surface area contributed by atoms with E-state index in [4.69, 9.17) is 9.15 Å². The molecule has 2 rings (SSSR count). The molecule has 0 unspecified atom stereocenters. The minimum Gasteiger partial charge on any atom is -0.460 e. The van der Waals surface area contributed by atoms with Gasteiger partial charge in [-0.1, -0.05) is 0 Å². The molecular weight excluding hydrogens is 376 g/mol. The van der Waals surface area contributed by atoms with Crippen LogP contribution in [0.4, 0.5) is 5.69 Å². The number of furan rings is 1. The van der Waals surface area contributed by atoms with Gasteiger partial charge in [0.15, 0.2) is 0 Å². The maximum absolute atomic E-state index is 10.8. The van der Waals surface area contributed by atoms with Gasteiger partial charge in [0.05, 0.1) is 11.5 Å². The summed E-state index contributed by atoms with van der Waals surface area (Å²) >= 11 is 3.36. The summed E-state index contributed by atoms with van der Waals surface area (Å²) in [6, 6.07) is 8.42. The SMILES string of the molecule is CCOCCCCNCc1ccc(-c2ccc([N+](=O)[O-])cc2Br)o1. The van der Waals surface area contributed by atoms with Crippen molar-refractivity contribution in [2.24, 2.45) is 0 Å². The van der Waals surface area contributed by atoms with Crippen molar-refractivity contribution in [1.82, 2.24) is 5.32 Å². The van der Waals surface area contributed by atoms with E-state index < -0.39 is 4.92 Å². The van der Waals surface area contributed by atoms with Crippen LogP contribution in [-0.4, -0.2) is 24.7 Å². The van der Waals surface area contributed by atoms with Crippen molar-refractivity contribution in [2.45, 2.75) is 26.3 Å². The molecule has 0 saturated heterocycles. The number of nitrogens with zero attached hydrogens (tertiary/aromatic N) is 1. The molecule has 2 aromatic rings. The second kappa shape index (κ2) is 9.56. The van der Waals surface area contributed by atoms with Crippen LogP contribution in [0.15, 0.2) is 39.2 Å². The van der Waals surface area contributed by atoms with Gasteiger partial charge >= 0.3 is 0 Å². The maximum Gasteiger partial charge on any atom is 0.270 e. The van der Waals surface area contributed by atoms with Crippen molar-refractivity contribution in [3.8, 4) is 11.3 Å². The molecule has 7 heteroatoms. The zero-order valence-electron chi connectivity index (χ0n) is 13.6. The van der Waals surface area contributed by atoms with Crippen LogP contribution < -0.4 is 5.32 Å². The minimum atomic E-state index is -0.419. The predicted octanol–water partition coefficient (Wildman–Crippen LogP) is 4.52. The molecular formula is C17H21BrN2O4. The maximum atomic E-state index is 10.8. The molecule has 6 nitrogen and oxygen atoms in total. The van der Waals surface area contributed by atoms with E-state index in [0.29, 0.717) is 16.8 Å². The summed E-state index contributed by atoms with van der Waals surface area (Å²) in [7, 11) is 0. The Balaban J connectivity index is 1.86. The number of rotatable bonds is 10. The molecule has 24 heavy (non-hydrogen) atoms. The second-order valence-electron chi connectivity index (χ2n) is 5.27. The molecule has 0 radical (unpaired) electrons. The van der Waals surface area contributed by atoms with Gasteiger partial charge in [0.2, 0.25) is 0 Å². The van der Waals surface area contributed by atoms with Crippen LogP contribution in [-0.2, 0) is 11.3 Å². The Morgan fingerprint density at radius 1 is 1.29 bits per heavy atom. The topological polar surface area (TPSA) is 77.5 Å². The van der Waals surface area contributed by atoms with Crippen LogP contribution >= 0.6 is 15.9 Å². The van der Waals surface area contributed by atoms with Gasteiger partial charge in [0, 0.05) is 35.4 Å². The first-order chi connectivity index (χ1) is 11.6. The van der Waals surface area contributed by atoms with E-state index in [1.807, 2.05) is 19.1 Å². The fourth-order valence-corrected chi connectivity index (χ4v) is 2.81. The molecule has 0 spiro atoms. The molecule has 130 valence electrons. The Morgan fingerprint density at radius 3 is 2.83 bits per heavy atom. The molecule has 0 amide bonds. The van der Waals surface area contributed by atoms with Crippen LogP contribution in [0.3, 0.4) is 0 Å². The number of nitro benzene ring substituents is 1. The molecule has 0 fully saturated rings. The lowest BCUT2D eigenvalue weighted by Gasteiger charge is -2.04. The number of ether oxygens (including phenoxy) is 1. The van der Waals surface area contributed by atoms with Crippen LogP contribution in [0.1, 0.15) is 25.5 Å². The highest BCUT2D eigenvalue weighted by molar-refractivity contribution is 9.10. The average molecular weight is 397 g/mol. The number of benzene rings is 1. The van der Waals surface area contributed by atoms with Crippen molar-refractivity contribution in [3.63, 3.8) is 0 Å². The quantitative estimate of drug-likeness (QED) is 0.362. The highest BCUT2D eigenvalue weighted by Crippen LogP contribution is 2.32. The predicted molar refractivity (Wildman–Crippen MR) is 95.9 cm³/mol. The van der Waals surface area contributed by atoms with Gasteiger partial charge in [0.1, 0.15) is 11.5 Å². The fraction of sp³-hybridized carbons (Fsp3) is 0.412. The highest BCUT2D eigenvalue weighted by atomic mass is 79.9. The standard InChI is InChI=1S/C17H21BrN2O4/c1-2-23-10-4-3-9-19-12-14-6-8-17(24-14)15-7-5-13(20(21)22)11-16(15)18/h5-8,11,19H,2-4,9-10,12H2,1H3. The van der Waals surface area contributed by atoms with Gasteiger partial charge in [-0.05, 0) is 60.4 Å². The van der Waals surface area contributed by atoms with Gasteiger partial charge in [-0.2, -0.15) is 0 Å². The van der Waals surface area contributed by atoms with E-state index in [0.717, 1.165) is 43.9 Å². The van der Waals surface area contributed by atoms with Crippen LogP contribution in [0.2, 0.25) is 0 Å². The Morgan fingerprint density at radius 2 is 2.12 bits per heavy atom. The third-order valence-electron chi connectivity index (χ3n) is 3.49. The number of unbranched alkanes of at least 4 members (excludes halogenated alkanes) is 1. The Kier molecular flexibility index (Phi) is 7.42. The van der Waals surface area contributed by atoms with Gasteiger partial charge in [-0.3, -0.25) is 10.1 Å². The van der Waals surface area contributed by atoms with Crippen molar-refractivity contribution < 1.29 is 14.1 Å². The number of non-ortho nitro benzene ring substituents is 1. The van der Waals surface area contributed by atoms with E-state index in [-0.39, 0.29) is 5.69 Å². The van der Waals surface area contributed by atoms with E-state index in [1.165, 1.54) is 12.1 Å². The van der Waals surface area contributed by atoms with Crippen molar-refractivity contribution >= 4 is 21.6 Å². The molecule has 0 aliphatic rings. The lowest BCUT2D eigenvalue weighted by molar-refractivity contribution is -0.384. The molecule has 1 aromatic carbocycles. The van der Waals surface area contributed by atoms with E-state index in [1.54, 1.807) is 6.07 Å². The van der Waals surface area contributed by atoms with Gasteiger partial charge in [0.25, 0.3) is 5.69 Å². The van der Waals surface area contributed by atoms with Crippen LogP contribution in [0.5, 0.6) is 0 Å². The summed E-state index contributed by atoms with van der Waals surface area (Å²) in [6.07, 6.45) is 2.10. The monoisotopic (exact) mass is 396 g/mol. The normalized spacial score (nSPS) is 10.9. The Hall–Kier alpha value is -1.70. The summed E-state index contributed by atoms with van der Waals surface area (Å²) in [5.41, 5.74) is 0.842. The first-order valence-corrected chi connectivity index (χ1v) is 8.72. The highest BCUT2D eigenvalue weighted by Gasteiger charge is 2.13. The van der Waals surface area contributed by atoms with Crippen LogP contribution in [0.25, 0.3) is 11.3 Å². The first kappa shape index (κ1) is 18.6. The van der Waals surface area contributed by atoms with Crippen molar-refractivity contribution in [3.05, 3.63) is 50.7 Å². The number of nitro groups is 1. The zero-order valence-corrected chi connectivity index (χ0v) is 15.2. The number of halogens is 1. The molecule has 0 saturated carbocycles. The summed E-state index contributed by atoms with van der Waals surface area (Å²) in [6.45, 7) is 5.12. The first-order valence-electron chi connectivity index (χ1n) is 7.93. The smallest absolute Gasteiger partial charge is 0.270 e. The summed E-state index contributed by atoms with van der Waals surface area (Å²) in [4.78, 5) is 10.4. The van der Waals surface area contributed by atoms with Gasteiger partial charge in [-0.15, -0.1) is 0 Å². The molecule has 0 atom stereocenters.